The van der Waals surface area contributed by atoms with Crippen LogP contribution in [0.2, 0.25) is 0 Å². The van der Waals surface area contributed by atoms with E-state index in [9.17, 15) is 4.79 Å². The SMILES string of the molecule is C=C(C)CNc1cccc(C(=O)O)n1. The van der Waals surface area contributed by atoms with E-state index >= 15 is 0 Å². The molecule has 4 nitrogen and oxygen atoms in total. The molecule has 1 heterocycles. The largest absolute Gasteiger partial charge is 0.477 e. The molecule has 0 spiro atoms. The number of aromatic nitrogens is 1. The zero-order chi connectivity index (χ0) is 10.6. The first-order valence-electron chi connectivity index (χ1n) is 4.18. The molecule has 14 heavy (non-hydrogen) atoms. The molecule has 0 radical (unpaired) electrons. The Labute approximate surface area is 82.3 Å². The Balaban J connectivity index is 2.73. The second-order valence-electron chi connectivity index (χ2n) is 3.02. The predicted octanol–water partition coefficient (Wildman–Crippen LogP) is 1.77. The van der Waals surface area contributed by atoms with Crippen LogP contribution in [-0.2, 0) is 0 Å². The zero-order valence-corrected chi connectivity index (χ0v) is 7.95. The van der Waals surface area contributed by atoms with Crippen molar-refractivity contribution in [1.29, 1.82) is 0 Å². The third-order valence-electron chi connectivity index (χ3n) is 1.54. The number of nitrogens with zero attached hydrogens (tertiary/aromatic N) is 1. The van der Waals surface area contributed by atoms with Gasteiger partial charge in [0.1, 0.15) is 5.82 Å². The Morgan fingerprint density at radius 3 is 2.93 bits per heavy atom. The first-order valence-corrected chi connectivity index (χ1v) is 4.18. The average molecular weight is 192 g/mol. The monoisotopic (exact) mass is 192 g/mol. The van der Waals surface area contributed by atoms with Gasteiger partial charge in [0, 0.05) is 6.54 Å². The van der Waals surface area contributed by atoms with Crippen molar-refractivity contribution in [2.45, 2.75) is 6.92 Å². The van der Waals surface area contributed by atoms with Gasteiger partial charge in [-0.3, -0.25) is 0 Å². The number of aromatic carboxylic acids is 1. The van der Waals surface area contributed by atoms with Gasteiger partial charge < -0.3 is 10.4 Å². The molecule has 0 saturated heterocycles. The molecule has 0 bridgehead atoms. The standard InChI is InChI=1S/C10H12N2O2/c1-7(2)6-11-9-5-3-4-8(12-9)10(13)14/h3-5H,1,6H2,2H3,(H,11,12)(H,13,14). The number of carbonyl (C=O) groups is 1. The van der Waals surface area contributed by atoms with Crippen LogP contribution < -0.4 is 5.32 Å². The lowest BCUT2D eigenvalue weighted by Gasteiger charge is -2.04. The van der Waals surface area contributed by atoms with Crippen LogP contribution in [-0.4, -0.2) is 22.6 Å². The summed E-state index contributed by atoms with van der Waals surface area (Å²) >= 11 is 0. The van der Waals surface area contributed by atoms with Crippen molar-refractivity contribution in [3.8, 4) is 0 Å². The van der Waals surface area contributed by atoms with Gasteiger partial charge in [-0.1, -0.05) is 18.2 Å². The van der Waals surface area contributed by atoms with Gasteiger partial charge in [0.2, 0.25) is 0 Å². The highest BCUT2D eigenvalue weighted by Gasteiger charge is 2.03. The van der Waals surface area contributed by atoms with Gasteiger partial charge in [-0.25, -0.2) is 9.78 Å². The molecular formula is C10H12N2O2. The third kappa shape index (κ3) is 2.90. The van der Waals surface area contributed by atoms with Crippen molar-refractivity contribution in [3.63, 3.8) is 0 Å². The molecule has 74 valence electrons. The summed E-state index contributed by atoms with van der Waals surface area (Å²) in [5.41, 5.74) is 1.00. The fraction of sp³-hybridized carbons (Fsp3) is 0.200. The molecule has 4 heteroatoms. The van der Waals surface area contributed by atoms with Crippen LogP contribution in [0.25, 0.3) is 0 Å². The van der Waals surface area contributed by atoms with Gasteiger partial charge in [-0.2, -0.15) is 0 Å². The van der Waals surface area contributed by atoms with Crippen molar-refractivity contribution in [2.75, 3.05) is 11.9 Å². The Morgan fingerprint density at radius 1 is 1.64 bits per heavy atom. The second-order valence-corrected chi connectivity index (χ2v) is 3.02. The van der Waals surface area contributed by atoms with E-state index in [4.69, 9.17) is 5.11 Å². The molecule has 1 aromatic heterocycles. The van der Waals surface area contributed by atoms with Crippen LogP contribution in [0, 0.1) is 0 Å². The number of hydrogen-bond donors (Lipinski definition) is 2. The highest BCUT2D eigenvalue weighted by Crippen LogP contribution is 2.05. The van der Waals surface area contributed by atoms with Crippen molar-refractivity contribution in [2.24, 2.45) is 0 Å². The smallest absolute Gasteiger partial charge is 0.354 e. The average Bonchev–Trinajstić information content (AvgIpc) is 2.15. The fourth-order valence-corrected chi connectivity index (χ4v) is 0.894. The molecule has 0 atom stereocenters. The maximum Gasteiger partial charge on any atom is 0.354 e. The minimum atomic E-state index is -1.02. The maximum absolute atomic E-state index is 10.6. The fourth-order valence-electron chi connectivity index (χ4n) is 0.894. The topological polar surface area (TPSA) is 62.2 Å². The van der Waals surface area contributed by atoms with Crippen LogP contribution in [0.4, 0.5) is 5.82 Å². The lowest BCUT2D eigenvalue weighted by Crippen LogP contribution is -2.07. The number of hydrogen-bond acceptors (Lipinski definition) is 3. The maximum atomic E-state index is 10.6. The third-order valence-corrected chi connectivity index (χ3v) is 1.54. The van der Waals surface area contributed by atoms with Gasteiger partial charge in [0.05, 0.1) is 0 Å². The Hall–Kier alpha value is -1.84. The van der Waals surface area contributed by atoms with Gasteiger partial charge in [0.15, 0.2) is 5.69 Å². The first kappa shape index (κ1) is 10.2. The number of nitrogens with one attached hydrogen (secondary N) is 1. The highest BCUT2D eigenvalue weighted by molar-refractivity contribution is 5.85. The molecule has 0 aliphatic rings. The van der Waals surface area contributed by atoms with E-state index in [1.54, 1.807) is 12.1 Å². The number of anilines is 1. The van der Waals surface area contributed by atoms with Crippen LogP contribution >= 0.6 is 0 Å². The van der Waals surface area contributed by atoms with Gasteiger partial charge in [-0.05, 0) is 19.1 Å². The minimum absolute atomic E-state index is 0.0386. The number of pyridine rings is 1. The summed E-state index contributed by atoms with van der Waals surface area (Å²) in [6.07, 6.45) is 0. The quantitative estimate of drug-likeness (QED) is 0.713. The lowest BCUT2D eigenvalue weighted by atomic mass is 10.3. The molecule has 1 aromatic rings. The molecular weight excluding hydrogens is 180 g/mol. The molecule has 1 rings (SSSR count). The van der Waals surface area contributed by atoms with Crippen molar-refractivity contribution in [3.05, 3.63) is 36.0 Å². The summed E-state index contributed by atoms with van der Waals surface area (Å²) in [7, 11) is 0. The lowest BCUT2D eigenvalue weighted by molar-refractivity contribution is 0.0690. The van der Waals surface area contributed by atoms with Crippen LogP contribution in [0.15, 0.2) is 30.4 Å². The van der Waals surface area contributed by atoms with Crippen LogP contribution in [0.5, 0.6) is 0 Å². The van der Waals surface area contributed by atoms with Gasteiger partial charge >= 0.3 is 5.97 Å². The molecule has 0 saturated carbocycles. The predicted molar refractivity (Wildman–Crippen MR) is 54.5 cm³/mol. The molecule has 0 fully saturated rings. The molecule has 0 amide bonds. The van der Waals surface area contributed by atoms with Crippen LogP contribution in [0.3, 0.4) is 0 Å². The summed E-state index contributed by atoms with van der Waals surface area (Å²) in [6.45, 7) is 6.20. The summed E-state index contributed by atoms with van der Waals surface area (Å²) in [4.78, 5) is 14.5. The van der Waals surface area contributed by atoms with E-state index in [0.29, 0.717) is 12.4 Å². The van der Waals surface area contributed by atoms with E-state index in [2.05, 4.69) is 16.9 Å². The second kappa shape index (κ2) is 4.41. The summed E-state index contributed by atoms with van der Waals surface area (Å²) in [6, 6.07) is 4.82. The zero-order valence-electron chi connectivity index (χ0n) is 7.95. The van der Waals surface area contributed by atoms with E-state index in [1.165, 1.54) is 6.07 Å². The molecule has 0 unspecified atom stereocenters. The Morgan fingerprint density at radius 2 is 2.36 bits per heavy atom. The summed E-state index contributed by atoms with van der Waals surface area (Å²) < 4.78 is 0. The van der Waals surface area contributed by atoms with E-state index < -0.39 is 5.97 Å². The van der Waals surface area contributed by atoms with Crippen molar-refractivity contribution in [1.82, 2.24) is 4.98 Å². The highest BCUT2D eigenvalue weighted by atomic mass is 16.4. The van der Waals surface area contributed by atoms with Gasteiger partial charge in [-0.15, -0.1) is 0 Å². The number of carboxylic acid groups (broad SMARTS) is 1. The Bertz CT molecular complexity index is 361. The van der Waals surface area contributed by atoms with E-state index in [1.807, 2.05) is 6.92 Å². The van der Waals surface area contributed by atoms with E-state index in [-0.39, 0.29) is 5.69 Å². The normalized spacial score (nSPS) is 9.50. The summed E-state index contributed by atoms with van der Waals surface area (Å²) in [5.74, 6) is -0.475. The summed E-state index contributed by atoms with van der Waals surface area (Å²) in [5, 5.41) is 11.6. The van der Waals surface area contributed by atoms with Gasteiger partial charge in [0.25, 0.3) is 0 Å². The van der Waals surface area contributed by atoms with Crippen molar-refractivity contribution >= 4 is 11.8 Å². The molecule has 0 aliphatic heterocycles. The first-order chi connectivity index (χ1) is 6.59. The van der Waals surface area contributed by atoms with Crippen LogP contribution in [0.1, 0.15) is 17.4 Å². The van der Waals surface area contributed by atoms with Crippen molar-refractivity contribution < 1.29 is 9.90 Å². The minimum Gasteiger partial charge on any atom is -0.477 e. The molecule has 2 N–H and O–H groups in total. The Kier molecular flexibility index (Phi) is 3.23. The molecule has 0 aliphatic carbocycles. The number of rotatable bonds is 4. The van der Waals surface area contributed by atoms with E-state index in [0.717, 1.165) is 5.57 Å². The number of carboxylic acids is 1. The molecule has 0 aromatic carbocycles.